The van der Waals surface area contributed by atoms with Gasteiger partial charge in [-0.25, -0.2) is 9.18 Å². The van der Waals surface area contributed by atoms with Gasteiger partial charge >= 0.3 is 5.97 Å². The lowest BCUT2D eigenvalue weighted by molar-refractivity contribution is -0.138. The first-order valence-corrected chi connectivity index (χ1v) is 5.35. The third-order valence-electron chi connectivity index (χ3n) is 2.55. The molecular formula is C12H16FNO2. The van der Waals surface area contributed by atoms with Crippen molar-refractivity contribution in [3.05, 3.63) is 30.1 Å². The van der Waals surface area contributed by atoms with Gasteiger partial charge in [0.15, 0.2) is 0 Å². The zero-order chi connectivity index (χ0) is 12.1. The average molecular weight is 225 g/mol. The number of nitrogens with zero attached hydrogens (tertiary/aromatic N) is 1. The van der Waals surface area contributed by atoms with Crippen LogP contribution in [0.4, 0.5) is 10.1 Å². The Hall–Kier alpha value is -1.58. The molecule has 0 radical (unpaired) electrons. The van der Waals surface area contributed by atoms with Crippen LogP contribution < -0.4 is 4.90 Å². The minimum atomic E-state index is -0.853. The first-order chi connectivity index (χ1) is 7.60. The lowest BCUT2D eigenvalue weighted by atomic mass is 10.1. The number of halogens is 1. The fourth-order valence-corrected chi connectivity index (χ4v) is 1.74. The lowest BCUT2D eigenvalue weighted by Crippen LogP contribution is -2.40. The monoisotopic (exact) mass is 225 g/mol. The van der Waals surface area contributed by atoms with Crippen LogP contribution in [0, 0.1) is 5.82 Å². The second kappa shape index (κ2) is 5.49. The van der Waals surface area contributed by atoms with Gasteiger partial charge in [0.25, 0.3) is 0 Å². The third kappa shape index (κ3) is 2.72. The van der Waals surface area contributed by atoms with E-state index in [1.165, 1.54) is 12.1 Å². The molecule has 0 saturated heterocycles. The Morgan fingerprint density at radius 2 is 1.94 bits per heavy atom. The molecule has 1 atom stereocenters. The number of anilines is 1. The predicted molar refractivity (Wildman–Crippen MR) is 61.1 cm³/mol. The molecule has 0 aliphatic heterocycles. The van der Waals surface area contributed by atoms with Crippen molar-refractivity contribution in [1.82, 2.24) is 0 Å². The molecule has 3 nitrogen and oxygen atoms in total. The summed E-state index contributed by atoms with van der Waals surface area (Å²) in [5.41, 5.74) is 0.734. The Labute approximate surface area is 94.5 Å². The van der Waals surface area contributed by atoms with Gasteiger partial charge < -0.3 is 10.0 Å². The Balaban J connectivity index is 2.96. The Bertz CT molecular complexity index is 351. The summed E-state index contributed by atoms with van der Waals surface area (Å²) in [5.74, 6) is -1.17. The first kappa shape index (κ1) is 12.5. The fourth-order valence-electron chi connectivity index (χ4n) is 1.74. The maximum absolute atomic E-state index is 12.8. The minimum Gasteiger partial charge on any atom is -0.480 e. The molecule has 4 heteroatoms. The van der Waals surface area contributed by atoms with Crippen LogP contribution >= 0.6 is 0 Å². The molecule has 0 aromatic heterocycles. The van der Waals surface area contributed by atoms with Crippen molar-refractivity contribution in [3.63, 3.8) is 0 Å². The highest BCUT2D eigenvalue weighted by Crippen LogP contribution is 2.19. The van der Waals surface area contributed by atoms with E-state index in [4.69, 9.17) is 5.11 Å². The van der Waals surface area contributed by atoms with Gasteiger partial charge in [0.05, 0.1) is 0 Å². The average Bonchev–Trinajstić information content (AvgIpc) is 2.26. The summed E-state index contributed by atoms with van der Waals surface area (Å²) < 4.78 is 12.8. The molecule has 0 heterocycles. The molecule has 1 rings (SSSR count). The molecule has 0 unspecified atom stereocenters. The number of hydrogen-bond donors (Lipinski definition) is 1. The normalized spacial score (nSPS) is 12.2. The van der Waals surface area contributed by atoms with Crippen molar-refractivity contribution >= 4 is 11.7 Å². The molecular weight excluding hydrogens is 209 g/mol. The number of likely N-dealkylation sites (N-methyl/N-ethyl adjacent to an activating group) is 1. The van der Waals surface area contributed by atoms with Gasteiger partial charge in [0.2, 0.25) is 0 Å². The van der Waals surface area contributed by atoms with Crippen molar-refractivity contribution in [2.24, 2.45) is 0 Å². The van der Waals surface area contributed by atoms with E-state index >= 15 is 0 Å². The minimum absolute atomic E-state index is 0.317. The van der Waals surface area contributed by atoms with Crippen LogP contribution in [0.2, 0.25) is 0 Å². The van der Waals surface area contributed by atoms with E-state index in [1.54, 1.807) is 17.0 Å². The van der Waals surface area contributed by atoms with Crippen LogP contribution in [-0.2, 0) is 4.79 Å². The molecule has 0 aliphatic carbocycles. The largest absolute Gasteiger partial charge is 0.480 e. The van der Waals surface area contributed by atoms with E-state index in [2.05, 4.69) is 0 Å². The van der Waals surface area contributed by atoms with Gasteiger partial charge in [-0.05, 0) is 37.6 Å². The van der Waals surface area contributed by atoms with Gasteiger partial charge in [-0.3, -0.25) is 0 Å². The van der Waals surface area contributed by atoms with E-state index in [9.17, 15) is 9.18 Å². The summed E-state index contributed by atoms with van der Waals surface area (Å²) in [5, 5.41) is 9.07. The number of hydrogen-bond acceptors (Lipinski definition) is 2. The van der Waals surface area contributed by atoms with Crippen molar-refractivity contribution in [3.8, 4) is 0 Å². The Kier molecular flexibility index (Phi) is 4.28. The first-order valence-electron chi connectivity index (χ1n) is 5.35. The van der Waals surface area contributed by atoms with E-state index < -0.39 is 12.0 Å². The summed E-state index contributed by atoms with van der Waals surface area (Å²) >= 11 is 0. The molecule has 0 aliphatic rings. The van der Waals surface area contributed by atoms with Gasteiger partial charge in [0.1, 0.15) is 11.9 Å². The standard InChI is InChI=1S/C12H16FNO2/c1-3-11(12(15)16)14(4-2)10-7-5-9(13)6-8-10/h5-8,11H,3-4H2,1-2H3,(H,15,16)/t11-/m1/s1. The number of rotatable bonds is 5. The van der Waals surface area contributed by atoms with Crippen LogP contribution in [-0.4, -0.2) is 23.7 Å². The second-order valence-electron chi connectivity index (χ2n) is 3.52. The molecule has 0 saturated carbocycles. The van der Waals surface area contributed by atoms with Crippen LogP contribution in [0.3, 0.4) is 0 Å². The van der Waals surface area contributed by atoms with E-state index in [-0.39, 0.29) is 5.82 Å². The molecule has 0 amide bonds. The van der Waals surface area contributed by atoms with Crippen LogP contribution in [0.25, 0.3) is 0 Å². The molecule has 1 aromatic rings. The molecule has 0 fully saturated rings. The van der Waals surface area contributed by atoms with E-state index in [1.807, 2.05) is 13.8 Å². The quantitative estimate of drug-likeness (QED) is 0.837. The highest BCUT2D eigenvalue weighted by molar-refractivity contribution is 5.78. The number of benzene rings is 1. The molecule has 1 aromatic carbocycles. The lowest BCUT2D eigenvalue weighted by Gasteiger charge is -2.29. The predicted octanol–water partition coefficient (Wildman–Crippen LogP) is 2.52. The summed E-state index contributed by atoms with van der Waals surface area (Å²) in [6.45, 7) is 4.29. The molecule has 0 spiro atoms. The zero-order valence-electron chi connectivity index (χ0n) is 9.48. The molecule has 0 bridgehead atoms. The smallest absolute Gasteiger partial charge is 0.326 e. The molecule has 88 valence electrons. The maximum Gasteiger partial charge on any atom is 0.326 e. The van der Waals surface area contributed by atoms with Gasteiger partial charge in [-0.2, -0.15) is 0 Å². The third-order valence-corrected chi connectivity index (χ3v) is 2.55. The highest BCUT2D eigenvalue weighted by atomic mass is 19.1. The van der Waals surface area contributed by atoms with Crippen LogP contribution in [0.5, 0.6) is 0 Å². The fraction of sp³-hybridized carbons (Fsp3) is 0.417. The summed E-state index contributed by atoms with van der Waals surface area (Å²) in [6, 6.07) is 5.32. The number of carbonyl (C=O) groups is 1. The number of carboxylic acid groups (broad SMARTS) is 1. The topological polar surface area (TPSA) is 40.5 Å². The molecule has 1 N–H and O–H groups in total. The number of aliphatic carboxylic acids is 1. The maximum atomic E-state index is 12.8. The van der Waals surface area contributed by atoms with Crippen LogP contribution in [0.15, 0.2) is 24.3 Å². The molecule has 16 heavy (non-hydrogen) atoms. The van der Waals surface area contributed by atoms with Crippen molar-refractivity contribution in [2.45, 2.75) is 26.3 Å². The number of carboxylic acids is 1. The highest BCUT2D eigenvalue weighted by Gasteiger charge is 2.22. The van der Waals surface area contributed by atoms with Crippen molar-refractivity contribution in [1.29, 1.82) is 0 Å². The summed E-state index contributed by atoms with van der Waals surface area (Å²) in [4.78, 5) is 12.8. The summed E-state index contributed by atoms with van der Waals surface area (Å²) in [7, 11) is 0. The van der Waals surface area contributed by atoms with E-state index in [0.717, 1.165) is 5.69 Å². The van der Waals surface area contributed by atoms with Crippen LogP contribution in [0.1, 0.15) is 20.3 Å². The SMILES string of the molecule is CC[C@H](C(=O)O)N(CC)c1ccc(F)cc1. The van der Waals surface area contributed by atoms with Crippen molar-refractivity contribution < 1.29 is 14.3 Å². The van der Waals surface area contributed by atoms with Gasteiger partial charge in [-0.15, -0.1) is 0 Å². The van der Waals surface area contributed by atoms with Gasteiger partial charge in [-0.1, -0.05) is 6.92 Å². The second-order valence-corrected chi connectivity index (χ2v) is 3.52. The summed E-state index contributed by atoms with van der Waals surface area (Å²) in [6.07, 6.45) is 0.514. The van der Waals surface area contributed by atoms with Crippen molar-refractivity contribution in [2.75, 3.05) is 11.4 Å². The van der Waals surface area contributed by atoms with Gasteiger partial charge in [0, 0.05) is 12.2 Å². The zero-order valence-corrected chi connectivity index (χ0v) is 9.48. The Morgan fingerprint density at radius 1 is 1.38 bits per heavy atom. The Morgan fingerprint density at radius 3 is 2.31 bits per heavy atom. The van der Waals surface area contributed by atoms with E-state index in [0.29, 0.717) is 13.0 Å².